The smallest absolute Gasteiger partial charge is 0.409 e. The van der Waals surface area contributed by atoms with Gasteiger partial charge in [-0.05, 0) is 44.4 Å². The Morgan fingerprint density at radius 2 is 1.65 bits per heavy atom. The average molecular weight is 463 g/mol. The first-order valence-electron chi connectivity index (χ1n) is 12.0. The summed E-state index contributed by atoms with van der Waals surface area (Å²) < 4.78 is 5.10. The molecule has 2 aromatic rings. The van der Waals surface area contributed by atoms with Gasteiger partial charge in [0.15, 0.2) is 0 Å². The third kappa shape index (κ3) is 5.30. The molecule has 1 atom stereocenters. The summed E-state index contributed by atoms with van der Waals surface area (Å²) in [6, 6.07) is 14.6. The third-order valence-electron chi connectivity index (χ3n) is 6.60. The van der Waals surface area contributed by atoms with Crippen LogP contribution < -0.4 is 0 Å². The van der Waals surface area contributed by atoms with Crippen molar-refractivity contribution in [3.8, 4) is 0 Å². The van der Waals surface area contributed by atoms with Crippen molar-refractivity contribution in [2.24, 2.45) is 5.10 Å². The highest BCUT2D eigenvalue weighted by molar-refractivity contribution is 6.03. The van der Waals surface area contributed by atoms with E-state index in [1.54, 1.807) is 16.8 Å². The van der Waals surface area contributed by atoms with Crippen molar-refractivity contribution in [3.63, 3.8) is 0 Å². The van der Waals surface area contributed by atoms with E-state index in [9.17, 15) is 9.59 Å². The van der Waals surface area contributed by atoms with E-state index in [1.807, 2.05) is 0 Å². The molecule has 2 heterocycles. The van der Waals surface area contributed by atoms with Crippen LogP contribution in [-0.4, -0.2) is 71.9 Å². The Morgan fingerprint density at radius 1 is 0.971 bits per heavy atom. The molecule has 7 heteroatoms. The van der Waals surface area contributed by atoms with Gasteiger partial charge in [0.25, 0.3) is 5.91 Å². The molecule has 0 radical (unpaired) electrons. The number of hydrogen-bond acceptors (Lipinski definition) is 5. The lowest BCUT2D eigenvalue weighted by Gasteiger charge is -2.34. The summed E-state index contributed by atoms with van der Waals surface area (Å²) in [4.78, 5) is 29.3. The van der Waals surface area contributed by atoms with Gasteiger partial charge < -0.3 is 9.64 Å². The molecule has 34 heavy (non-hydrogen) atoms. The minimum absolute atomic E-state index is 0.0161. The Hall–Kier alpha value is -3.19. The predicted octanol–water partition coefficient (Wildman–Crippen LogP) is 4.06. The molecule has 1 unspecified atom stereocenters. The van der Waals surface area contributed by atoms with Gasteiger partial charge in [0, 0.05) is 32.6 Å². The standard InChI is InChI=1S/C27H34N4O3/c1-5-34-27(33)30-14-12-29(13-15-30)18-26(32)31-25(23-16-20(3)6-9-21(23)4)17-24(28-31)22-10-7-19(2)8-11-22/h6-11,16,25H,5,12-15,17-18H2,1-4H3. The Bertz CT molecular complexity index is 1070. The molecular formula is C27H34N4O3. The van der Waals surface area contributed by atoms with Gasteiger partial charge >= 0.3 is 6.09 Å². The second-order valence-electron chi connectivity index (χ2n) is 9.19. The van der Waals surface area contributed by atoms with Crippen LogP contribution in [0, 0.1) is 20.8 Å². The Morgan fingerprint density at radius 3 is 2.32 bits per heavy atom. The quantitative estimate of drug-likeness (QED) is 0.672. The highest BCUT2D eigenvalue weighted by atomic mass is 16.6. The first kappa shape index (κ1) is 24.0. The van der Waals surface area contributed by atoms with Crippen LogP contribution in [0.25, 0.3) is 0 Å². The molecule has 0 saturated carbocycles. The van der Waals surface area contributed by atoms with Crippen molar-refractivity contribution in [3.05, 3.63) is 70.3 Å². The number of ether oxygens (including phenoxy) is 1. The Kier molecular flexibility index (Phi) is 7.32. The summed E-state index contributed by atoms with van der Waals surface area (Å²) in [6.07, 6.45) is 0.408. The van der Waals surface area contributed by atoms with Gasteiger partial charge in [-0.25, -0.2) is 9.80 Å². The van der Waals surface area contributed by atoms with E-state index < -0.39 is 0 Å². The number of amides is 2. The lowest BCUT2D eigenvalue weighted by molar-refractivity contribution is -0.134. The van der Waals surface area contributed by atoms with E-state index >= 15 is 0 Å². The molecule has 0 aromatic heterocycles. The minimum atomic E-state index is -0.282. The molecule has 2 amide bonds. The van der Waals surface area contributed by atoms with Gasteiger partial charge in [-0.2, -0.15) is 5.10 Å². The molecule has 7 nitrogen and oxygen atoms in total. The first-order valence-corrected chi connectivity index (χ1v) is 12.0. The number of aryl methyl sites for hydroxylation is 3. The number of benzene rings is 2. The van der Waals surface area contributed by atoms with Gasteiger partial charge in [-0.3, -0.25) is 9.69 Å². The van der Waals surface area contributed by atoms with E-state index in [0.29, 0.717) is 39.2 Å². The minimum Gasteiger partial charge on any atom is -0.450 e. The normalized spacial score (nSPS) is 18.7. The summed E-state index contributed by atoms with van der Waals surface area (Å²) in [7, 11) is 0. The van der Waals surface area contributed by atoms with Crippen LogP contribution in [0.2, 0.25) is 0 Å². The summed E-state index contributed by atoms with van der Waals surface area (Å²) >= 11 is 0. The molecular weight excluding hydrogens is 428 g/mol. The maximum Gasteiger partial charge on any atom is 0.409 e. The number of nitrogens with zero attached hydrogens (tertiary/aromatic N) is 4. The second kappa shape index (κ2) is 10.4. The fourth-order valence-corrected chi connectivity index (χ4v) is 4.59. The van der Waals surface area contributed by atoms with Crippen LogP contribution in [0.5, 0.6) is 0 Å². The predicted molar refractivity (Wildman–Crippen MR) is 133 cm³/mol. The lowest BCUT2D eigenvalue weighted by atomic mass is 9.93. The van der Waals surface area contributed by atoms with Gasteiger partial charge in [-0.15, -0.1) is 0 Å². The van der Waals surface area contributed by atoms with Crippen LogP contribution in [-0.2, 0) is 9.53 Å². The summed E-state index contributed by atoms with van der Waals surface area (Å²) in [6.45, 7) is 11.1. The maximum atomic E-state index is 13.5. The van der Waals surface area contributed by atoms with Crippen molar-refractivity contribution >= 4 is 17.7 Å². The molecule has 0 spiro atoms. The molecule has 4 rings (SSSR count). The van der Waals surface area contributed by atoms with Crippen molar-refractivity contribution in [1.82, 2.24) is 14.8 Å². The lowest BCUT2D eigenvalue weighted by Crippen LogP contribution is -2.51. The van der Waals surface area contributed by atoms with E-state index in [2.05, 4.69) is 68.1 Å². The van der Waals surface area contributed by atoms with Crippen molar-refractivity contribution in [2.45, 2.75) is 40.2 Å². The number of carbonyl (C=O) groups is 2. The molecule has 2 aliphatic heterocycles. The zero-order chi connectivity index (χ0) is 24.2. The highest BCUT2D eigenvalue weighted by Crippen LogP contribution is 2.35. The van der Waals surface area contributed by atoms with Crippen molar-refractivity contribution in [1.29, 1.82) is 0 Å². The van der Waals surface area contributed by atoms with Gasteiger partial charge in [0.05, 0.1) is 24.9 Å². The zero-order valence-electron chi connectivity index (χ0n) is 20.6. The number of hydrogen-bond donors (Lipinski definition) is 0. The maximum absolute atomic E-state index is 13.5. The largest absolute Gasteiger partial charge is 0.450 e. The summed E-state index contributed by atoms with van der Waals surface area (Å²) in [5, 5.41) is 6.53. The summed E-state index contributed by atoms with van der Waals surface area (Å²) in [5.41, 5.74) is 6.67. The monoisotopic (exact) mass is 462 g/mol. The summed E-state index contributed by atoms with van der Waals surface area (Å²) in [5.74, 6) is -0.0161. The Labute approximate surface area is 202 Å². The van der Waals surface area contributed by atoms with Crippen LogP contribution in [0.4, 0.5) is 4.79 Å². The van der Waals surface area contributed by atoms with E-state index in [1.165, 1.54) is 11.1 Å². The fourth-order valence-electron chi connectivity index (χ4n) is 4.59. The molecule has 0 aliphatic carbocycles. The first-order chi connectivity index (χ1) is 16.4. The van der Waals surface area contributed by atoms with E-state index in [4.69, 9.17) is 9.84 Å². The average Bonchev–Trinajstić information content (AvgIpc) is 3.27. The van der Waals surface area contributed by atoms with Crippen molar-refractivity contribution < 1.29 is 14.3 Å². The van der Waals surface area contributed by atoms with E-state index in [-0.39, 0.29) is 24.6 Å². The SMILES string of the molecule is CCOC(=O)N1CCN(CC(=O)N2N=C(c3ccc(C)cc3)CC2c2cc(C)ccc2C)CC1. The molecule has 180 valence electrons. The number of hydrazone groups is 1. The van der Waals surface area contributed by atoms with Crippen molar-refractivity contribution in [2.75, 3.05) is 39.3 Å². The van der Waals surface area contributed by atoms with Gasteiger partial charge in [-0.1, -0.05) is 53.6 Å². The topological polar surface area (TPSA) is 65.5 Å². The molecule has 2 aromatic carbocycles. The van der Waals surface area contributed by atoms with Crippen LogP contribution >= 0.6 is 0 Å². The van der Waals surface area contributed by atoms with Crippen LogP contribution in [0.1, 0.15) is 47.2 Å². The molecule has 2 aliphatic rings. The fraction of sp³-hybridized carbons (Fsp3) is 0.444. The zero-order valence-corrected chi connectivity index (χ0v) is 20.6. The van der Waals surface area contributed by atoms with Crippen LogP contribution in [0.15, 0.2) is 47.6 Å². The molecule has 0 N–H and O–H groups in total. The number of rotatable bonds is 5. The number of piperazine rings is 1. The third-order valence-corrected chi connectivity index (χ3v) is 6.60. The van der Waals surface area contributed by atoms with E-state index in [0.717, 1.165) is 22.4 Å². The van der Waals surface area contributed by atoms with Gasteiger partial charge in [0.2, 0.25) is 0 Å². The molecule has 0 bridgehead atoms. The Balaban J connectivity index is 1.52. The second-order valence-corrected chi connectivity index (χ2v) is 9.19. The molecule has 1 fully saturated rings. The number of carbonyl (C=O) groups excluding carboxylic acids is 2. The van der Waals surface area contributed by atoms with Gasteiger partial charge in [0.1, 0.15) is 0 Å². The van der Waals surface area contributed by atoms with Crippen LogP contribution in [0.3, 0.4) is 0 Å². The highest BCUT2D eigenvalue weighted by Gasteiger charge is 2.35. The molecule has 1 saturated heterocycles.